The number of para-hydroxylation sites is 2. The minimum atomic E-state index is -0.679. The molecule has 0 radical (unpaired) electrons. The van der Waals surface area contributed by atoms with Gasteiger partial charge in [0.2, 0.25) is 6.23 Å². The number of nitro benzene ring substituents is 1. The van der Waals surface area contributed by atoms with E-state index in [1.54, 1.807) is 18.2 Å². The number of hydrogen-bond donors (Lipinski definition) is 0. The highest BCUT2D eigenvalue weighted by molar-refractivity contribution is 6.30. The van der Waals surface area contributed by atoms with E-state index in [4.69, 9.17) is 21.4 Å². The molecular weight excluding hydrogens is 390 g/mol. The van der Waals surface area contributed by atoms with E-state index in [0.29, 0.717) is 17.0 Å². The molecule has 6 nitrogen and oxygen atoms in total. The second kappa shape index (κ2) is 6.90. The molecule has 2 atom stereocenters. The molecule has 0 aromatic heterocycles. The number of hydrogen-bond acceptors (Lipinski definition) is 5. The zero-order chi connectivity index (χ0) is 20.0. The predicted molar refractivity (Wildman–Crippen MR) is 110 cm³/mol. The van der Waals surface area contributed by atoms with E-state index >= 15 is 0 Å². The Kier molecular flexibility index (Phi) is 4.21. The monoisotopic (exact) mass is 405 g/mol. The number of rotatable bonds is 3. The van der Waals surface area contributed by atoms with Crippen LogP contribution in [0, 0.1) is 10.1 Å². The van der Waals surface area contributed by atoms with E-state index < -0.39 is 6.23 Å². The second-order valence-electron chi connectivity index (χ2n) is 6.98. The lowest BCUT2D eigenvalue weighted by molar-refractivity contribution is -0.386. The molecule has 2 aliphatic rings. The molecule has 0 aliphatic carbocycles. The van der Waals surface area contributed by atoms with Crippen LogP contribution < -0.4 is 4.74 Å². The predicted octanol–water partition coefficient (Wildman–Crippen LogP) is 5.49. The maximum absolute atomic E-state index is 11.6. The molecule has 0 saturated carbocycles. The first-order valence-electron chi connectivity index (χ1n) is 9.22. The number of nitro groups is 1. The highest BCUT2D eigenvalue weighted by Crippen LogP contribution is 2.48. The summed E-state index contributed by atoms with van der Waals surface area (Å²) in [6, 6.07) is 21.9. The molecule has 29 heavy (non-hydrogen) atoms. The van der Waals surface area contributed by atoms with Crippen LogP contribution in [0.1, 0.15) is 35.4 Å². The normalized spacial score (nSPS) is 19.8. The average Bonchev–Trinajstić information content (AvgIpc) is 3.19. The minimum Gasteiger partial charge on any atom is -0.464 e. The molecule has 3 aromatic rings. The highest BCUT2D eigenvalue weighted by Gasteiger charge is 2.42. The molecule has 0 amide bonds. The number of halogens is 1. The molecule has 5 rings (SSSR count). The quantitative estimate of drug-likeness (QED) is 0.426. The van der Waals surface area contributed by atoms with E-state index in [9.17, 15) is 10.1 Å². The molecule has 7 heteroatoms. The van der Waals surface area contributed by atoms with Crippen molar-refractivity contribution in [2.45, 2.75) is 18.7 Å². The molecule has 0 bridgehead atoms. The molecule has 2 heterocycles. The van der Waals surface area contributed by atoms with Crippen LogP contribution in [0.3, 0.4) is 0 Å². The zero-order valence-electron chi connectivity index (χ0n) is 15.2. The van der Waals surface area contributed by atoms with Gasteiger partial charge < -0.3 is 4.74 Å². The van der Waals surface area contributed by atoms with Crippen molar-refractivity contribution in [3.63, 3.8) is 0 Å². The maximum atomic E-state index is 11.6. The first kappa shape index (κ1) is 17.7. The van der Waals surface area contributed by atoms with E-state index in [2.05, 4.69) is 0 Å². The SMILES string of the molecule is O=[N+]([O-])c1ccccc1[C@H]1Oc2ccccc2[C@@H]2CC(c3ccc(Cl)cc3)=NN12. The topological polar surface area (TPSA) is 68.0 Å². The van der Waals surface area contributed by atoms with E-state index in [1.165, 1.54) is 6.07 Å². The van der Waals surface area contributed by atoms with E-state index in [-0.39, 0.29) is 16.7 Å². The van der Waals surface area contributed by atoms with Crippen LogP contribution in [0.15, 0.2) is 77.9 Å². The summed E-state index contributed by atoms with van der Waals surface area (Å²) in [6.07, 6.45) is 0.000348. The third-order valence-electron chi connectivity index (χ3n) is 5.28. The van der Waals surface area contributed by atoms with Crippen molar-refractivity contribution in [3.8, 4) is 5.75 Å². The number of ether oxygens (including phenoxy) is 1. The molecular formula is C22H16ClN3O3. The maximum Gasteiger partial charge on any atom is 0.278 e. The van der Waals surface area contributed by atoms with Crippen LogP contribution >= 0.6 is 11.6 Å². The Morgan fingerprint density at radius 3 is 2.45 bits per heavy atom. The van der Waals surface area contributed by atoms with Gasteiger partial charge in [-0.1, -0.05) is 54.1 Å². The highest BCUT2D eigenvalue weighted by atomic mass is 35.5. The largest absolute Gasteiger partial charge is 0.464 e. The van der Waals surface area contributed by atoms with Crippen molar-refractivity contribution in [1.82, 2.24) is 5.01 Å². The lowest BCUT2D eigenvalue weighted by Crippen LogP contribution is -2.34. The van der Waals surface area contributed by atoms with Gasteiger partial charge in [0.05, 0.1) is 22.2 Å². The van der Waals surface area contributed by atoms with Gasteiger partial charge in [-0.25, -0.2) is 5.01 Å². The molecule has 0 fully saturated rings. The average molecular weight is 406 g/mol. The lowest BCUT2D eigenvalue weighted by Gasteiger charge is -2.37. The van der Waals surface area contributed by atoms with Crippen LogP contribution in [0.4, 0.5) is 5.69 Å². The van der Waals surface area contributed by atoms with Crippen molar-refractivity contribution in [1.29, 1.82) is 0 Å². The number of fused-ring (bicyclic) bond motifs is 3. The summed E-state index contributed by atoms with van der Waals surface area (Å²) in [5.41, 5.74) is 3.40. The first-order valence-corrected chi connectivity index (χ1v) is 9.60. The van der Waals surface area contributed by atoms with Crippen LogP contribution in [0.5, 0.6) is 5.75 Å². The van der Waals surface area contributed by atoms with Crippen LogP contribution in [0.25, 0.3) is 0 Å². The third kappa shape index (κ3) is 3.02. The molecule has 0 saturated heterocycles. The Balaban J connectivity index is 1.63. The van der Waals surface area contributed by atoms with Gasteiger partial charge in [-0.3, -0.25) is 10.1 Å². The molecule has 0 unspecified atom stereocenters. The summed E-state index contributed by atoms with van der Waals surface area (Å²) in [5.74, 6) is 0.726. The Morgan fingerprint density at radius 1 is 1.00 bits per heavy atom. The van der Waals surface area contributed by atoms with Gasteiger partial charge in [0.1, 0.15) is 5.75 Å². The minimum absolute atomic E-state index is 0.0192. The van der Waals surface area contributed by atoms with Gasteiger partial charge in [0.15, 0.2) is 0 Å². The fourth-order valence-corrected chi connectivity index (χ4v) is 4.04. The van der Waals surface area contributed by atoms with Gasteiger partial charge in [-0.05, 0) is 29.8 Å². The van der Waals surface area contributed by atoms with Gasteiger partial charge in [0.25, 0.3) is 5.69 Å². The third-order valence-corrected chi connectivity index (χ3v) is 5.53. The molecule has 144 valence electrons. The summed E-state index contributed by atoms with van der Waals surface area (Å²) >= 11 is 6.02. The van der Waals surface area contributed by atoms with Crippen molar-refractivity contribution in [3.05, 3.63) is 105 Å². The Morgan fingerprint density at radius 2 is 1.69 bits per heavy atom. The molecule has 3 aromatic carbocycles. The van der Waals surface area contributed by atoms with Crippen LogP contribution in [-0.2, 0) is 0 Å². The standard InChI is InChI=1S/C22H16ClN3O3/c23-15-11-9-14(10-12-15)18-13-20-16-5-2-4-8-21(16)29-22(25(20)24-18)17-6-1-3-7-19(17)26(27)28/h1-12,20,22H,13H2/t20-,22+/m0/s1. The van der Waals surface area contributed by atoms with E-state index in [1.807, 2.05) is 53.5 Å². The van der Waals surface area contributed by atoms with Crippen LogP contribution in [-0.4, -0.2) is 15.6 Å². The molecule has 0 spiro atoms. The summed E-state index contributed by atoms with van der Waals surface area (Å²) in [4.78, 5) is 11.2. The zero-order valence-corrected chi connectivity index (χ0v) is 16.0. The summed E-state index contributed by atoms with van der Waals surface area (Å²) < 4.78 is 6.22. The molecule has 2 aliphatic heterocycles. The summed E-state index contributed by atoms with van der Waals surface area (Å²) in [6.45, 7) is 0. The van der Waals surface area contributed by atoms with Crippen molar-refractivity contribution in [2.75, 3.05) is 0 Å². The fraction of sp³-hybridized carbons (Fsp3) is 0.136. The van der Waals surface area contributed by atoms with Crippen molar-refractivity contribution < 1.29 is 9.66 Å². The fourth-order valence-electron chi connectivity index (χ4n) is 3.92. The van der Waals surface area contributed by atoms with Crippen molar-refractivity contribution >= 4 is 23.0 Å². The Bertz CT molecular complexity index is 1130. The lowest BCUT2D eigenvalue weighted by atomic mass is 9.96. The number of benzene rings is 3. The summed E-state index contributed by atoms with van der Waals surface area (Å²) in [7, 11) is 0. The number of nitrogens with zero attached hydrogens (tertiary/aromatic N) is 3. The summed E-state index contributed by atoms with van der Waals surface area (Å²) in [5, 5.41) is 18.9. The Labute approximate surface area is 172 Å². The van der Waals surface area contributed by atoms with E-state index in [0.717, 1.165) is 22.6 Å². The van der Waals surface area contributed by atoms with Gasteiger partial charge in [0, 0.05) is 23.1 Å². The van der Waals surface area contributed by atoms with Crippen molar-refractivity contribution in [2.24, 2.45) is 5.10 Å². The van der Waals surface area contributed by atoms with Gasteiger partial charge in [-0.15, -0.1) is 0 Å². The number of hydrazone groups is 1. The van der Waals surface area contributed by atoms with Crippen LogP contribution in [0.2, 0.25) is 5.02 Å². The second-order valence-corrected chi connectivity index (χ2v) is 7.41. The Hall–Kier alpha value is -3.38. The smallest absolute Gasteiger partial charge is 0.278 e. The molecule has 0 N–H and O–H groups in total. The van der Waals surface area contributed by atoms with Gasteiger partial charge >= 0.3 is 0 Å². The first-order chi connectivity index (χ1) is 14.1. The van der Waals surface area contributed by atoms with Gasteiger partial charge in [-0.2, -0.15) is 5.10 Å².